The first-order chi connectivity index (χ1) is 7.34. The number of nitrogens with one attached hydrogen (secondary N) is 1. The van der Waals surface area contributed by atoms with Gasteiger partial charge < -0.3 is 5.32 Å². The molecular formula is C11H13BrF3N. The van der Waals surface area contributed by atoms with Gasteiger partial charge in [0.2, 0.25) is 0 Å². The Bertz CT molecular complexity index is 363. The Morgan fingerprint density at radius 3 is 2.50 bits per heavy atom. The highest BCUT2D eigenvalue weighted by atomic mass is 79.9. The number of benzene rings is 1. The first-order valence-corrected chi connectivity index (χ1v) is 5.77. The minimum Gasteiger partial charge on any atom is -0.383 e. The third-order valence-electron chi connectivity index (χ3n) is 2.30. The van der Waals surface area contributed by atoms with E-state index < -0.39 is 11.7 Å². The van der Waals surface area contributed by atoms with Gasteiger partial charge in [-0.3, -0.25) is 0 Å². The van der Waals surface area contributed by atoms with Crippen LogP contribution in [0, 0.1) is 0 Å². The topological polar surface area (TPSA) is 12.0 Å². The Kier molecular flexibility index (Phi) is 4.24. The van der Waals surface area contributed by atoms with E-state index in [1.807, 2.05) is 13.8 Å². The Morgan fingerprint density at radius 2 is 2.00 bits per heavy atom. The van der Waals surface area contributed by atoms with Gasteiger partial charge >= 0.3 is 6.18 Å². The second kappa shape index (κ2) is 5.08. The molecule has 1 rings (SSSR count). The Labute approximate surface area is 101 Å². The lowest BCUT2D eigenvalue weighted by molar-refractivity contribution is -0.138. The number of alkyl halides is 3. The summed E-state index contributed by atoms with van der Waals surface area (Å²) in [6, 6.07) is 4.32. The Balaban J connectivity index is 2.99. The van der Waals surface area contributed by atoms with Crippen LogP contribution in [0.15, 0.2) is 22.7 Å². The zero-order valence-electron chi connectivity index (χ0n) is 9.03. The minimum atomic E-state index is -4.33. The molecule has 0 saturated heterocycles. The van der Waals surface area contributed by atoms with Crippen LogP contribution in [0.4, 0.5) is 18.9 Å². The van der Waals surface area contributed by atoms with Crippen molar-refractivity contribution in [1.29, 1.82) is 0 Å². The second-order valence-electron chi connectivity index (χ2n) is 3.65. The van der Waals surface area contributed by atoms with Gasteiger partial charge in [0.15, 0.2) is 0 Å². The van der Waals surface area contributed by atoms with Crippen molar-refractivity contribution in [2.75, 3.05) is 5.32 Å². The molecule has 0 heterocycles. The summed E-state index contributed by atoms with van der Waals surface area (Å²) in [6.07, 6.45) is -3.47. The number of halogens is 4. The monoisotopic (exact) mass is 295 g/mol. The van der Waals surface area contributed by atoms with E-state index in [2.05, 4.69) is 21.2 Å². The van der Waals surface area contributed by atoms with Gasteiger partial charge in [-0.2, -0.15) is 13.2 Å². The predicted octanol–water partition coefficient (Wildman–Crippen LogP) is 4.68. The van der Waals surface area contributed by atoms with Crippen molar-refractivity contribution in [1.82, 2.24) is 0 Å². The van der Waals surface area contributed by atoms with Gasteiger partial charge in [-0.25, -0.2) is 0 Å². The van der Waals surface area contributed by atoms with E-state index in [4.69, 9.17) is 0 Å². The van der Waals surface area contributed by atoms with Gasteiger partial charge in [-0.15, -0.1) is 0 Å². The van der Waals surface area contributed by atoms with Crippen LogP contribution in [0.1, 0.15) is 25.8 Å². The summed E-state index contributed by atoms with van der Waals surface area (Å²) < 4.78 is 37.8. The van der Waals surface area contributed by atoms with Crippen LogP contribution in [0.3, 0.4) is 0 Å². The first kappa shape index (κ1) is 13.4. The fraction of sp³-hybridized carbons (Fsp3) is 0.455. The molecule has 0 saturated carbocycles. The van der Waals surface area contributed by atoms with E-state index >= 15 is 0 Å². The largest absolute Gasteiger partial charge is 0.417 e. The van der Waals surface area contributed by atoms with Gasteiger partial charge in [0.25, 0.3) is 0 Å². The molecule has 1 aromatic carbocycles. The third kappa shape index (κ3) is 3.40. The first-order valence-electron chi connectivity index (χ1n) is 4.98. The van der Waals surface area contributed by atoms with Crippen LogP contribution >= 0.6 is 15.9 Å². The van der Waals surface area contributed by atoms with E-state index in [0.717, 1.165) is 12.5 Å². The highest BCUT2D eigenvalue weighted by Gasteiger charge is 2.33. The van der Waals surface area contributed by atoms with Crippen molar-refractivity contribution in [2.45, 2.75) is 32.5 Å². The van der Waals surface area contributed by atoms with Gasteiger partial charge in [0.1, 0.15) is 0 Å². The van der Waals surface area contributed by atoms with Crippen molar-refractivity contribution < 1.29 is 13.2 Å². The zero-order chi connectivity index (χ0) is 12.3. The minimum absolute atomic E-state index is 0.0645. The van der Waals surface area contributed by atoms with Gasteiger partial charge in [0.05, 0.1) is 5.56 Å². The second-order valence-corrected chi connectivity index (χ2v) is 4.50. The number of hydrogen-bond acceptors (Lipinski definition) is 1. The van der Waals surface area contributed by atoms with Crippen LogP contribution in [-0.2, 0) is 6.18 Å². The van der Waals surface area contributed by atoms with Gasteiger partial charge in [-0.1, -0.05) is 22.9 Å². The van der Waals surface area contributed by atoms with E-state index in [9.17, 15) is 13.2 Å². The number of rotatable bonds is 3. The van der Waals surface area contributed by atoms with Gasteiger partial charge in [0, 0.05) is 16.2 Å². The average Bonchev–Trinajstić information content (AvgIpc) is 2.19. The zero-order valence-corrected chi connectivity index (χ0v) is 10.6. The van der Waals surface area contributed by atoms with E-state index in [1.54, 1.807) is 6.07 Å². The summed E-state index contributed by atoms with van der Waals surface area (Å²) in [5, 5.41) is 3.01. The molecule has 0 aliphatic carbocycles. The summed E-state index contributed by atoms with van der Waals surface area (Å²) in [5.74, 6) is 0. The van der Waals surface area contributed by atoms with Gasteiger partial charge in [-0.05, 0) is 31.5 Å². The maximum absolute atomic E-state index is 12.6. The van der Waals surface area contributed by atoms with E-state index in [-0.39, 0.29) is 10.5 Å². The van der Waals surface area contributed by atoms with Crippen LogP contribution < -0.4 is 5.32 Å². The lowest BCUT2D eigenvalue weighted by Gasteiger charge is -2.16. The van der Waals surface area contributed by atoms with Crippen molar-refractivity contribution in [3.05, 3.63) is 28.2 Å². The van der Waals surface area contributed by atoms with Crippen LogP contribution in [0.5, 0.6) is 0 Å². The summed E-state index contributed by atoms with van der Waals surface area (Å²) in [7, 11) is 0. The van der Waals surface area contributed by atoms with E-state index in [1.165, 1.54) is 6.07 Å². The summed E-state index contributed by atoms with van der Waals surface area (Å²) in [6.45, 7) is 3.90. The van der Waals surface area contributed by atoms with Crippen LogP contribution in [-0.4, -0.2) is 6.04 Å². The van der Waals surface area contributed by atoms with Crippen molar-refractivity contribution >= 4 is 21.6 Å². The molecule has 16 heavy (non-hydrogen) atoms. The maximum Gasteiger partial charge on any atom is 0.417 e. The van der Waals surface area contributed by atoms with Crippen molar-refractivity contribution in [2.24, 2.45) is 0 Å². The average molecular weight is 296 g/mol. The number of hydrogen-bond donors (Lipinski definition) is 1. The molecule has 1 atom stereocenters. The fourth-order valence-electron chi connectivity index (χ4n) is 1.22. The highest BCUT2D eigenvalue weighted by Crippen LogP contribution is 2.36. The normalized spacial score (nSPS) is 13.6. The maximum atomic E-state index is 12.6. The van der Waals surface area contributed by atoms with Crippen LogP contribution in [0.2, 0.25) is 0 Å². The molecule has 1 aromatic rings. The smallest absolute Gasteiger partial charge is 0.383 e. The highest BCUT2D eigenvalue weighted by molar-refractivity contribution is 9.10. The Morgan fingerprint density at radius 1 is 1.38 bits per heavy atom. The molecule has 1 nitrogen and oxygen atoms in total. The quantitative estimate of drug-likeness (QED) is 0.854. The number of anilines is 1. The molecule has 1 N–H and O–H groups in total. The molecule has 0 aromatic heterocycles. The van der Waals surface area contributed by atoms with Crippen molar-refractivity contribution in [3.63, 3.8) is 0 Å². The molecular weight excluding hydrogens is 283 g/mol. The van der Waals surface area contributed by atoms with Crippen LogP contribution in [0.25, 0.3) is 0 Å². The molecule has 0 amide bonds. The standard InChI is InChI=1S/C11H13BrF3N/c1-3-7(2)16-8-4-5-10(12)9(6-8)11(13,14)15/h4-7,16H,3H2,1-2H3. The third-order valence-corrected chi connectivity index (χ3v) is 2.99. The molecule has 5 heteroatoms. The lowest BCUT2D eigenvalue weighted by atomic mass is 10.1. The lowest BCUT2D eigenvalue weighted by Crippen LogP contribution is -2.14. The fourth-order valence-corrected chi connectivity index (χ4v) is 1.69. The SMILES string of the molecule is CCC(C)Nc1ccc(Br)c(C(F)(F)F)c1. The summed E-state index contributed by atoms with van der Waals surface area (Å²) in [5.41, 5.74) is -0.161. The molecule has 0 fully saturated rings. The molecule has 90 valence electrons. The predicted molar refractivity (Wildman–Crippen MR) is 62.5 cm³/mol. The Hall–Kier alpha value is -0.710. The summed E-state index contributed by atoms with van der Waals surface area (Å²) in [4.78, 5) is 0. The molecule has 0 spiro atoms. The molecule has 0 aliphatic rings. The molecule has 0 radical (unpaired) electrons. The van der Waals surface area contributed by atoms with E-state index in [0.29, 0.717) is 5.69 Å². The summed E-state index contributed by atoms with van der Waals surface area (Å²) >= 11 is 2.90. The van der Waals surface area contributed by atoms with Crippen molar-refractivity contribution in [3.8, 4) is 0 Å². The molecule has 0 aliphatic heterocycles. The molecule has 1 unspecified atom stereocenters. The molecule has 0 bridgehead atoms.